The standard InChI is InChI=1S/C27H34N6O4/c1-19-14-21(30-25(29-19)33-11-9-28-17-33)22-6-5-10-31(22)12-13-32(26(34)37-27(2,3)4)16-20-7-8-23-24(15-20)36-18-35-23/h7-9,11,14-15,17,22H,5-6,10,12-13,16,18H2,1-4H3. The second-order valence-corrected chi connectivity index (χ2v) is 10.5. The second-order valence-electron chi connectivity index (χ2n) is 10.5. The van der Waals surface area contributed by atoms with Crippen LogP contribution in [-0.4, -0.2) is 67.4 Å². The van der Waals surface area contributed by atoms with Crippen molar-refractivity contribution in [3.63, 3.8) is 0 Å². The summed E-state index contributed by atoms with van der Waals surface area (Å²) in [7, 11) is 0. The lowest BCUT2D eigenvalue weighted by molar-refractivity contribution is 0.0211. The molecule has 5 rings (SSSR count). The molecule has 2 aliphatic rings. The van der Waals surface area contributed by atoms with Crippen molar-refractivity contribution in [3.8, 4) is 17.4 Å². The van der Waals surface area contributed by atoms with Crippen molar-refractivity contribution in [1.82, 2.24) is 29.3 Å². The zero-order valence-corrected chi connectivity index (χ0v) is 21.9. The van der Waals surface area contributed by atoms with Gasteiger partial charge in [-0.2, -0.15) is 0 Å². The number of hydrogen-bond donors (Lipinski definition) is 0. The highest BCUT2D eigenvalue weighted by Crippen LogP contribution is 2.34. The van der Waals surface area contributed by atoms with Crippen LogP contribution in [0.5, 0.6) is 11.5 Å². The number of aryl methyl sites for hydroxylation is 1. The van der Waals surface area contributed by atoms with Crippen LogP contribution in [0.1, 0.15) is 56.6 Å². The van der Waals surface area contributed by atoms with Gasteiger partial charge in [-0.3, -0.25) is 9.47 Å². The van der Waals surface area contributed by atoms with Gasteiger partial charge in [0.15, 0.2) is 11.5 Å². The van der Waals surface area contributed by atoms with E-state index in [2.05, 4.69) is 20.9 Å². The number of rotatable bonds is 7. The molecule has 3 aromatic rings. The van der Waals surface area contributed by atoms with Crippen LogP contribution in [-0.2, 0) is 11.3 Å². The molecule has 2 aromatic heterocycles. The third-order valence-corrected chi connectivity index (χ3v) is 6.42. The highest BCUT2D eigenvalue weighted by atomic mass is 16.7. The minimum absolute atomic E-state index is 0.162. The molecule has 196 valence electrons. The van der Waals surface area contributed by atoms with Crippen LogP contribution in [0.4, 0.5) is 4.79 Å². The van der Waals surface area contributed by atoms with Gasteiger partial charge < -0.3 is 19.1 Å². The fourth-order valence-corrected chi connectivity index (χ4v) is 4.74. The number of imidazole rings is 1. The lowest BCUT2D eigenvalue weighted by Crippen LogP contribution is -2.41. The first-order chi connectivity index (χ1) is 17.7. The summed E-state index contributed by atoms with van der Waals surface area (Å²) < 4.78 is 18.5. The molecule has 1 fully saturated rings. The lowest BCUT2D eigenvalue weighted by Gasteiger charge is -2.30. The maximum absolute atomic E-state index is 13.2. The van der Waals surface area contributed by atoms with Gasteiger partial charge in [-0.25, -0.2) is 19.7 Å². The van der Waals surface area contributed by atoms with Crippen molar-refractivity contribution in [2.75, 3.05) is 26.4 Å². The maximum Gasteiger partial charge on any atom is 0.410 e. The summed E-state index contributed by atoms with van der Waals surface area (Å²) in [4.78, 5) is 30.9. The number of aromatic nitrogens is 4. The Balaban J connectivity index is 1.32. The molecule has 1 amide bonds. The van der Waals surface area contributed by atoms with Crippen molar-refractivity contribution < 1.29 is 19.0 Å². The number of benzene rings is 1. The summed E-state index contributed by atoms with van der Waals surface area (Å²) >= 11 is 0. The van der Waals surface area contributed by atoms with Crippen molar-refractivity contribution in [2.24, 2.45) is 0 Å². The number of nitrogens with zero attached hydrogens (tertiary/aromatic N) is 6. The van der Waals surface area contributed by atoms with Gasteiger partial charge in [-0.1, -0.05) is 6.07 Å². The summed E-state index contributed by atoms with van der Waals surface area (Å²) in [6.45, 7) is 10.5. The van der Waals surface area contributed by atoms with Crippen molar-refractivity contribution in [3.05, 3.63) is 59.9 Å². The third kappa shape index (κ3) is 6.02. The summed E-state index contributed by atoms with van der Waals surface area (Å²) in [6.07, 6.45) is 7.02. The molecule has 4 heterocycles. The first-order valence-electron chi connectivity index (χ1n) is 12.7. The molecule has 0 spiro atoms. The normalized spacial score (nSPS) is 17.2. The van der Waals surface area contributed by atoms with Crippen molar-refractivity contribution >= 4 is 6.09 Å². The number of fused-ring (bicyclic) bond motifs is 1. The van der Waals surface area contributed by atoms with Crippen LogP contribution < -0.4 is 9.47 Å². The van der Waals surface area contributed by atoms with E-state index in [0.29, 0.717) is 31.3 Å². The molecule has 1 unspecified atom stereocenters. The molecule has 1 saturated heterocycles. The summed E-state index contributed by atoms with van der Waals surface area (Å²) in [5.74, 6) is 2.05. The number of carbonyl (C=O) groups excluding carboxylic acids is 1. The van der Waals surface area contributed by atoms with E-state index in [4.69, 9.17) is 19.2 Å². The number of hydrogen-bond acceptors (Lipinski definition) is 8. The minimum Gasteiger partial charge on any atom is -0.454 e. The van der Waals surface area contributed by atoms with Crippen LogP contribution in [0.15, 0.2) is 43.0 Å². The Bertz CT molecular complexity index is 1240. The summed E-state index contributed by atoms with van der Waals surface area (Å²) in [5.41, 5.74) is 2.29. The zero-order chi connectivity index (χ0) is 26.0. The van der Waals surface area contributed by atoms with Gasteiger partial charge in [0, 0.05) is 37.7 Å². The predicted molar refractivity (Wildman–Crippen MR) is 137 cm³/mol. The Morgan fingerprint density at radius 2 is 2.03 bits per heavy atom. The Hall–Kier alpha value is -3.66. The number of likely N-dealkylation sites (tertiary alicyclic amines) is 1. The van der Waals surface area contributed by atoms with Gasteiger partial charge in [0.2, 0.25) is 12.7 Å². The van der Waals surface area contributed by atoms with Crippen molar-refractivity contribution in [2.45, 2.75) is 58.7 Å². The van der Waals surface area contributed by atoms with Gasteiger partial charge in [0.1, 0.15) is 11.9 Å². The van der Waals surface area contributed by atoms with Gasteiger partial charge in [0.25, 0.3) is 0 Å². The Kier molecular flexibility index (Phi) is 7.01. The van der Waals surface area contributed by atoms with Crippen LogP contribution in [0.2, 0.25) is 0 Å². The topological polar surface area (TPSA) is 94.8 Å². The Labute approximate surface area is 217 Å². The summed E-state index contributed by atoms with van der Waals surface area (Å²) in [6, 6.07) is 8.00. The third-order valence-electron chi connectivity index (χ3n) is 6.42. The smallest absolute Gasteiger partial charge is 0.410 e. The Morgan fingerprint density at radius 1 is 1.19 bits per heavy atom. The molecule has 0 radical (unpaired) electrons. The van der Waals surface area contributed by atoms with Crippen LogP contribution in [0.25, 0.3) is 5.95 Å². The van der Waals surface area contributed by atoms with Gasteiger partial charge in [-0.05, 0) is 70.8 Å². The highest BCUT2D eigenvalue weighted by molar-refractivity contribution is 5.68. The molecule has 1 atom stereocenters. The molecule has 37 heavy (non-hydrogen) atoms. The number of ether oxygens (including phenoxy) is 3. The average Bonchev–Trinajstić information content (AvgIpc) is 3.61. The van der Waals surface area contributed by atoms with Crippen LogP contribution >= 0.6 is 0 Å². The average molecular weight is 507 g/mol. The van der Waals surface area contributed by atoms with E-state index in [-0.39, 0.29) is 18.9 Å². The molecule has 0 aliphatic carbocycles. The lowest BCUT2D eigenvalue weighted by atomic mass is 10.1. The molecule has 2 aliphatic heterocycles. The van der Waals surface area contributed by atoms with Crippen molar-refractivity contribution in [1.29, 1.82) is 0 Å². The molecular formula is C27H34N6O4. The van der Waals surface area contributed by atoms with E-state index in [9.17, 15) is 4.79 Å². The first-order valence-corrected chi connectivity index (χ1v) is 12.7. The van der Waals surface area contributed by atoms with Gasteiger partial charge in [0.05, 0.1) is 11.7 Å². The molecular weight excluding hydrogens is 472 g/mol. The van der Waals surface area contributed by atoms with E-state index in [1.165, 1.54) is 0 Å². The number of carbonyl (C=O) groups is 1. The van der Waals surface area contributed by atoms with Gasteiger partial charge >= 0.3 is 6.09 Å². The SMILES string of the molecule is Cc1cc(C2CCCN2CCN(Cc2ccc3c(c2)OCO3)C(=O)OC(C)(C)C)nc(-n2ccnc2)n1. The Morgan fingerprint density at radius 3 is 2.81 bits per heavy atom. The molecule has 10 heteroatoms. The molecule has 1 aromatic carbocycles. The largest absolute Gasteiger partial charge is 0.454 e. The zero-order valence-electron chi connectivity index (χ0n) is 21.9. The fourth-order valence-electron chi connectivity index (χ4n) is 4.74. The monoisotopic (exact) mass is 506 g/mol. The van der Waals surface area contributed by atoms with E-state index in [1.807, 2.05) is 56.7 Å². The first kappa shape index (κ1) is 25.0. The van der Waals surface area contributed by atoms with E-state index >= 15 is 0 Å². The predicted octanol–water partition coefficient (Wildman–Crippen LogP) is 4.27. The maximum atomic E-state index is 13.2. The minimum atomic E-state index is -0.581. The summed E-state index contributed by atoms with van der Waals surface area (Å²) in [5, 5.41) is 0. The van der Waals surface area contributed by atoms with E-state index < -0.39 is 5.60 Å². The van der Waals surface area contributed by atoms with Crippen LogP contribution in [0.3, 0.4) is 0 Å². The van der Waals surface area contributed by atoms with E-state index in [1.54, 1.807) is 17.4 Å². The quantitative estimate of drug-likeness (QED) is 0.469. The second kappa shape index (κ2) is 10.4. The molecule has 0 bridgehead atoms. The highest BCUT2D eigenvalue weighted by Gasteiger charge is 2.30. The molecule has 0 N–H and O–H groups in total. The molecule has 10 nitrogen and oxygen atoms in total. The number of amides is 1. The fraction of sp³-hybridized carbons (Fsp3) is 0.481. The van der Waals surface area contributed by atoms with Gasteiger partial charge in [-0.15, -0.1) is 0 Å². The van der Waals surface area contributed by atoms with E-state index in [0.717, 1.165) is 42.1 Å². The van der Waals surface area contributed by atoms with Crippen LogP contribution in [0, 0.1) is 6.92 Å². The molecule has 0 saturated carbocycles.